The predicted octanol–water partition coefficient (Wildman–Crippen LogP) is 7.88. The summed E-state index contributed by atoms with van der Waals surface area (Å²) >= 11 is 6.16. The van der Waals surface area contributed by atoms with Gasteiger partial charge in [-0.3, -0.25) is 4.90 Å². The van der Waals surface area contributed by atoms with Gasteiger partial charge in [0.2, 0.25) is 9.84 Å². The molecule has 0 saturated heterocycles. The van der Waals surface area contributed by atoms with E-state index in [1.165, 1.54) is 12.1 Å². The van der Waals surface area contributed by atoms with E-state index < -0.39 is 21.9 Å². The molecule has 5 aromatic rings. The summed E-state index contributed by atoms with van der Waals surface area (Å²) in [5.41, 5.74) is 4.73. The third-order valence-corrected chi connectivity index (χ3v) is 10.1. The number of sulfone groups is 1. The van der Waals surface area contributed by atoms with E-state index in [1.807, 2.05) is 49.4 Å². The zero-order chi connectivity index (χ0) is 32.7. The second-order valence-electron chi connectivity index (χ2n) is 11.2. The first-order valence-corrected chi connectivity index (χ1v) is 17.0. The summed E-state index contributed by atoms with van der Waals surface area (Å²) in [6.45, 7) is 3.58. The van der Waals surface area contributed by atoms with Gasteiger partial charge in [0.1, 0.15) is 0 Å². The normalized spacial score (nSPS) is 12.3. The molecule has 0 aromatic heterocycles. The quantitative estimate of drug-likeness (QED) is 0.134. The zero-order valence-electron chi connectivity index (χ0n) is 25.5. The van der Waals surface area contributed by atoms with Crippen molar-refractivity contribution >= 4 is 27.4 Å². The summed E-state index contributed by atoms with van der Waals surface area (Å²) in [7, 11) is -3.86. The summed E-state index contributed by atoms with van der Waals surface area (Å²) in [5, 5.41) is 21.5. The van der Waals surface area contributed by atoms with Crippen LogP contribution in [0.3, 0.4) is 0 Å². The van der Waals surface area contributed by atoms with Crippen molar-refractivity contribution in [2.75, 3.05) is 13.1 Å². The molecule has 0 saturated carbocycles. The van der Waals surface area contributed by atoms with Gasteiger partial charge in [-0.15, -0.1) is 0 Å². The van der Waals surface area contributed by atoms with E-state index in [-0.39, 0.29) is 15.4 Å². The van der Waals surface area contributed by atoms with Crippen LogP contribution in [0.4, 0.5) is 0 Å². The molecule has 0 spiro atoms. The summed E-state index contributed by atoms with van der Waals surface area (Å²) in [5.74, 6) is -1.04. The summed E-state index contributed by atoms with van der Waals surface area (Å²) in [4.78, 5) is 14.5. The first-order valence-electron chi connectivity index (χ1n) is 15.1. The van der Waals surface area contributed by atoms with E-state index in [0.717, 1.165) is 16.7 Å². The number of nitrogens with zero attached hydrogens (tertiary/aromatic N) is 1. The molecule has 0 heterocycles. The topological polar surface area (TPSA) is 94.9 Å². The van der Waals surface area contributed by atoms with Gasteiger partial charge in [0, 0.05) is 24.7 Å². The molecule has 236 valence electrons. The number of aryl methyl sites for hydroxylation is 1. The van der Waals surface area contributed by atoms with E-state index in [2.05, 4.69) is 17.0 Å². The number of rotatable bonds is 13. The molecule has 1 atom stereocenters. The Morgan fingerprint density at radius 3 is 2.22 bits per heavy atom. The number of carbonyl (C=O) groups is 1. The van der Waals surface area contributed by atoms with Gasteiger partial charge in [-0.05, 0) is 82.6 Å². The van der Waals surface area contributed by atoms with Crippen LogP contribution in [0, 0.1) is 0 Å². The summed E-state index contributed by atoms with van der Waals surface area (Å²) < 4.78 is 27.3. The number of hydrogen-bond acceptors (Lipinski definition) is 5. The van der Waals surface area contributed by atoms with E-state index in [9.17, 15) is 23.4 Å². The molecule has 1 unspecified atom stereocenters. The number of hydrogen-bond donors (Lipinski definition) is 2. The van der Waals surface area contributed by atoms with Crippen LogP contribution in [0.25, 0.3) is 11.1 Å². The SMILES string of the molecule is CCc1cccc(-c2cccc(S(=O)(=O)c3ccc(CCN(Cc4ccccc4)CC(O)c4cccc(Cl)c4)cc3)c2)c1C(=O)O. The van der Waals surface area contributed by atoms with E-state index >= 15 is 0 Å². The Hall–Kier alpha value is -4.27. The molecule has 0 bridgehead atoms. The second kappa shape index (κ2) is 14.9. The smallest absolute Gasteiger partial charge is 0.336 e. The summed E-state index contributed by atoms with van der Waals surface area (Å²) in [6.07, 6.45) is 0.477. The van der Waals surface area contributed by atoms with Gasteiger partial charge in [0.15, 0.2) is 0 Å². The molecular weight excluding hydrogens is 618 g/mol. The lowest BCUT2D eigenvalue weighted by Gasteiger charge is -2.25. The first-order chi connectivity index (χ1) is 22.2. The maximum Gasteiger partial charge on any atom is 0.336 e. The van der Waals surface area contributed by atoms with Gasteiger partial charge in [0.05, 0.1) is 21.5 Å². The lowest BCUT2D eigenvalue weighted by atomic mass is 9.94. The highest BCUT2D eigenvalue weighted by Crippen LogP contribution is 2.31. The van der Waals surface area contributed by atoms with Gasteiger partial charge in [-0.2, -0.15) is 0 Å². The fourth-order valence-corrected chi connectivity index (χ4v) is 7.12. The van der Waals surface area contributed by atoms with Crippen LogP contribution in [0.2, 0.25) is 5.02 Å². The van der Waals surface area contributed by atoms with Crippen molar-refractivity contribution in [1.82, 2.24) is 4.90 Å². The van der Waals surface area contributed by atoms with Crippen molar-refractivity contribution < 1.29 is 23.4 Å². The molecule has 8 heteroatoms. The Balaban J connectivity index is 1.33. The van der Waals surface area contributed by atoms with Crippen molar-refractivity contribution in [2.24, 2.45) is 0 Å². The van der Waals surface area contributed by atoms with Gasteiger partial charge in [-0.25, -0.2) is 13.2 Å². The van der Waals surface area contributed by atoms with E-state index in [4.69, 9.17) is 11.6 Å². The van der Waals surface area contributed by atoms with Crippen LogP contribution < -0.4 is 0 Å². The average Bonchev–Trinajstić information content (AvgIpc) is 3.07. The standard InChI is InChI=1S/C38H36ClNO5S/c1-2-29-11-8-16-35(37(29)38(42)43)30-12-7-15-34(24-30)46(44,45)33-19-17-27(18-20-33)21-22-40(25-28-9-4-3-5-10-28)26-36(41)31-13-6-14-32(39)23-31/h3-20,23-24,36,41H,2,21-22,25-26H2,1H3,(H,42,43). The van der Waals surface area contributed by atoms with Crippen LogP contribution >= 0.6 is 11.6 Å². The van der Waals surface area contributed by atoms with Crippen molar-refractivity contribution in [3.8, 4) is 11.1 Å². The third kappa shape index (κ3) is 7.92. The predicted molar refractivity (Wildman–Crippen MR) is 182 cm³/mol. The number of aromatic carboxylic acids is 1. The molecule has 0 aliphatic carbocycles. The van der Waals surface area contributed by atoms with Crippen molar-refractivity contribution in [3.05, 3.63) is 154 Å². The number of benzene rings is 5. The second-order valence-corrected chi connectivity index (χ2v) is 13.6. The van der Waals surface area contributed by atoms with Crippen LogP contribution in [-0.2, 0) is 29.2 Å². The Morgan fingerprint density at radius 1 is 0.804 bits per heavy atom. The molecule has 5 aromatic carbocycles. The van der Waals surface area contributed by atoms with Crippen molar-refractivity contribution in [2.45, 2.75) is 42.2 Å². The molecule has 0 radical (unpaired) electrons. The molecule has 0 aliphatic heterocycles. The van der Waals surface area contributed by atoms with Crippen molar-refractivity contribution in [1.29, 1.82) is 0 Å². The fourth-order valence-electron chi connectivity index (χ4n) is 5.62. The molecule has 2 N–H and O–H groups in total. The maximum absolute atomic E-state index is 13.7. The van der Waals surface area contributed by atoms with Gasteiger partial charge in [0.25, 0.3) is 0 Å². The Kier molecular flexibility index (Phi) is 10.7. The molecule has 0 amide bonds. The molecule has 5 rings (SSSR count). The van der Waals surface area contributed by atoms with Crippen molar-refractivity contribution in [3.63, 3.8) is 0 Å². The third-order valence-electron chi connectivity index (χ3n) is 8.06. The maximum atomic E-state index is 13.7. The monoisotopic (exact) mass is 653 g/mol. The van der Waals surface area contributed by atoms with E-state index in [1.54, 1.807) is 54.6 Å². The van der Waals surface area contributed by atoms with Crippen LogP contribution in [0.1, 0.15) is 45.6 Å². The minimum atomic E-state index is -3.86. The average molecular weight is 654 g/mol. The number of halogens is 1. The van der Waals surface area contributed by atoms with Gasteiger partial charge < -0.3 is 10.2 Å². The highest BCUT2D eigenvalue weighted by molar-refractivity contribution is 7.91. The molecule has 0 fully saturated rings. The zero-order valence-corrected chi connectivity index (χ0v) is 27.1. The van der Waals surface area contributed by atoms with Crippen LogP contribution in [0.5, 0.6) is 0 Å². The Labute approximate surface area is 275 Å². The molecular formula is C38H36ClNO5S. The number of carboxylic acids is 1. The molecule has 6 nitrogen and oxygen atoms in total. The highest BCUT2D eigenvalue weighted by atomic mass is 35.5. The fraction of sp³-hybridized carbons (Fsp3) is 0.184. The van der Waals surface area contributed by atoms with Crippen LogP contribution in [-0.4, -0.2) is 42.6 Å². The minimum Gasteiger partial charge on any atom is -0.478 e. The van der Waals surface area contributed by atoms with Gasteiger partial charge >= 0.3 is 5.97 Å². The lowest BCUT2D eigenvalue weighted by Crippen LogP contribution is -2.30. The largest absolute Gasteiger partial charge is 0.478 e. The van der Waals surface area contributed by atoms with Gasteiger partial charge in [-0.1, -0.05) is 103 Å². The molecule has 0 aliphatic rings. The molecule has 46 heavy (non-hydrogen) atoms. The van der Waals surface area contributed by atoms with E-state index in [0.29, 0.717) is 54.2 Å². The highest BCUT2D eigenvalue weighted by Gasteiger charge is 2.21. The lowest BCUT2D eigenvalue weighted by molar-refractivity contribution is 0.0696. The number of aliphatic hydroxyl groups is 1. The number of aliphatic hydroxyl groups excluding tert-OH is 1. The summed E-state index contributed by atoms with van der Waals surface area (Å²) in [6, 6.07) is 35.9. The first kappa shape index (κ1) is 33.1. The number of carboxylic acid groups (broad SMARTS) is 1. The minimum absolute atomic E-state index is 0.0972. The Morgan fingerprint density at radius 2 is 1.52 bits per heavy atom. The Bertz CT molecular complexity index is 1910. The van der Waals surface area contributed by atoms with Crippen LogP contribution in [0.15, 0.2) is 131 Å².